The van der Waals surface area contributed by atoms with E-state index < -0.39 is 0 Å². The zero-order valence-corrected chi connectivity index (χ0v) is 14.8. The van der Waals surface area contributed by atoms with Gasteiger partial charge in [0, 0.05) is 24.5 Å². The van der Waals surface area contributed by atoms with Gasteiger partial charge in [0.15, 0.2) is 0 Å². The van der Waals surface area contributed by atoms with E-state index >= 15 is 0 Å². The number of hydrogen-bond donors (Lipinski definition) is 1. The molecular formula is C21H18N4O2. The minimum Gasteiger partial charge on any atom is -0.497 e. The molecule has 0 aliphatic carbocycles. The van der Waals surface area contributed by atoms with E-state index in [2.05, 4.69) is 44.7 Å². The lowest BCUT2D eigenvalue weighted by Gasteiger charge is -2.04. The van der Waals surface area contributed by atoms with Gasteiger partial charge < -0.3 is 14.6 Å². The van der Waals surface area contributed by atoms with E-state index in [9.17, 15) is 0 Å². The summed E-state index contributed by atoms with van der Waals surface area (Å²) < 4.78 is 10.5. The topological polar surface area (TPSA) is 73.1 Å². The van der Waals surface area contributed by atoms with Gasteiger partial charge in [-0.15, -0.1) is 0 Å². The Hall–Kier alpha value is -3.67. The molecule has 27 heavy (non-hydrogen) atoms. The first-order chi connectivity index (χ1) is 13.3. The minimum absolute atomic E-state index is 0.379. The lowest BCUT2D eigenvalue weighted by atomic mass is 10.1. The number of nitrogens with zero attached hydrogens (tertiary/aromatic N) is 3. The molecule has 0 saturated heterocycles. The second-order valence-electron chi connectivity index (χ2n) is 5.95. The fourth-order valence-electron chi connectivity index (χ4n) is 2.70. The zero-order chi connectivity index (χ0) is 18.5. The van der Waals surface area contributed by atoms with Crippen LogP contribution in [0.3, 0.4) is 0 Å². The number of anilines is 1. The molecule has 6 heteroatoms. The Morgan fingerprint density at radius 3 is 2.59 bits per heavy atom. The van der Waals surface area contributed by atoms with E-state index in [0.717, 1.165) is 28.0 Å². The summed E-state index contributed by atoms with van der Waals surface area (Å²) >= 11 is 0. The molecule has 0 radical (unpaired) electrons. The number of rotatable bonds is 6. The first kappa shape index (κ1) is 16.8. The van der Waals surface area contributed by atoms with Crippen LogP contribution in [0.15, 0.2) is 77.6 Å². The van der Waals surface area contributed by atoms with Crippen LogP contribution in [0, 0.1) is 0 Å². The Labute approximate surface area is 156 Å². The van der Waals surface area contributed by atoms with Gasteiger partial charge in [-0.25, -0.2) is 0 Å². The monoisotopic (exact) mass is 358 g/mol. The second kappa shape index (κ2) is 7.70. The van der Waals surface area contributed by atoms with E-state index in [1.54, 1.807) is 13.3 Å². The van der Waals surface area contributed by atoms with Crippen LogP contribution >= 0.6 is 0 Å². The molecule has 4 rings (SSSR count). The lowest BCUT2D eigenvalue weighted by Crippen LogP contribution is -1.99. The second-order valence-corrected chi connectivity index (χ2v) is 5.95. The quantitative estimate of drug-likeness (QED) is 0.550. The predicted molar refractivity (Wildman–Crippen MR) is 103 cm³/mol. The highest BCUT2D eigenvalue weighted by atomic mass is 16.5. The predicted octanol–water partition coefficient (Wildman–Crippen LogP) is 4.42. The zero-order valence-electron chi connectivity index (χ0n) is 14.8. The SMILES string of the molecule is COc1cccc(-c2noc(NCc3ccc(-c4cccnc4)cc3)n2)c1. The third-order valence-electron chi connectivity index (χ3n) is 4.15. The minimum atomic E-state index is 0.379. The van der Waals surface area contributed by atoms with Crippen molar-refractivity contribution in [2.75, 3.05) is 12.4 Å². The van der Waals surface area contributed by atoms with E-state index in [1.807, 2.05) is 42.6 Å². The van der Waals surface area contributed by atoms with E-state index in [1.165, 1.54) is 0 Å². The van der Waals surface area contributed by atoms with Crippen molar-refractivity contribution >= 4 is 6.01 Å². The Bertz CT molecular complexity index is 1010. The third-order valence-corrected chi connectivity index (χ3v) is 4.15. The molecule has 0 aliphatic heterocycles. The van der Waals surface area contributed by atoms with Crippen LogP contribution in [-0.2, 0) is 6.54 Å². The largest absolute Gasteiger partial charge is 0.497 e. The van der Waals surface area contributed by atoms with Gasteiger partial charge >= 0.3 is 6.01 Å². The van der Waals surface area contributed by atoms with Gasteiger partial charge in [-0.3, -0.25) is 4.98 Å². The van der Waals surface area contributed by atoms with Crippen LogP contribution in [0.5, 0.6) is 5.75 Å². The van der Waals surface area contributed by atoms with Crippen LogP contribution in [0.25, 0.3) is 22.5 Å². The van der Waals surface area contributed by atoms with Crippen molar-refractivity contribution in [2.45, 2.75) is 6.54 Å². The summed E-state index contributed by atoms with van der Waals surface area (Å²) in [7, 11) is 1.63. The standard InChI is InChI=1S/C21H18N4O2/c1-26-19-6-2-4-17(12-19)20-24-21(27-25-20)23-13-15-7-9-16(10-8-15)18-5-3-11-22-14-18/h2-12,14H,13H2,1H3,(H,23,24,25). The highest BCUT2D eigenvalue weighted by molar-refractivity contribution is 5.62. The maximum atomic E-state index is 5.29. The smallest absolute Gasteiger partial charge is 0.322 e. The van der Waals surface area contributed by atoms with Gasteiger partial charge in [0.2, 0.25) is 5.82 Å². The van der Waals surface area contributed by atoms with Gasteiger partial charge in [0.25, 0.3) is 0 Å². The molecule has 2 heterocycles. The average Bonchev–Trinajstić information content (AvgIpc) is 3.22. The molecule has 0 bridgehead atoms. The van der Waals surface area contributed by atoms with E-state index in [0.29, 0.717) is 18.4 Å². The molecule has 2 aromatic carbocycles. The van der Waals surface area contributed by atoms with Crippen molar-refractivity contribution < 1.29 is 9.26 Å². The molecule has 4 aromatic rings. The van der Waals surface area contributed by atoms with Crippen molar-refractivity contribution in [2.24, 2.45) is 0 Å². The van der Waals surface area contributed by atoms with Gasteiger partial charge in [-0.1, -0.05) is 47.6 Å². The fraction of sp³-hybridized carbons (Fsp3) is 0.0952. The van der Waals surface area contributed by atoms with Gasteiger partial charge in [-0.05, 0) is 34.9 Å². The maximum Gasteiger partial charge on any atom is 0.322 e. The average molecular weight is 358 g/mol. The molecule has 1 N–H and O–H groups in total. The summed E-state index contributed by atoms with van der Waals surface area (Å²) in [4.78, 5) is 8.53. The summed E-state index contributed by atoms with van der Waals surface area (Å²) in [5.41, 5.74) is 4.18. The molecule has 0 spiro atoms. The third kappa shape index (κ3) is 3.95. The van der Waals surface area contributed by atoms with Crippen molar-refractivity contribution in [3.63, 3.8) is 0 Å². The Balaban J connectivity index is 1.41. The number of nitrogens with one attached hydrogen (secondary N) is 1. The molecule has 6 nitrogen and oxygen atoms in total. The number of methoxy groups -OCH3 is 1. The first-order valence-corrected chi connectivity index (χ1v) is 8.53. The first-order valence-electron chi connectivity index (χ1n) is 8.53. The normalized spacial score (nSPS) is 10.6. The van der Waals surface area contributed by atoms with Crippen LogP contribution in [0.1, 0.15) is 5.56 Å². The van der Waals surface area contributed by atoms with Crippen molar-refractivity contribution in [3.8, 4) is 28.3 Å². The van der Waals surface area contributed by atoms with Crippen LogP contribution in [-0.4, -0.2) is 22.2 Å². The molecular weight excluding hydrogens is 340 g/mol. The van der Waals surface area contributed by atoms with Crippen molar-refractivity contribution in [1.29, 1.82) is 0 Å². The molecule has 0 fully saturated rings. The van der Waals surface area contributed by atoms with Gasteiger partial charge in [0.1, 0.15) is 5.75 Å². The molecule has 0 atom stereocenters. The summed E-state index contributed by atoms with van der Waals surface area (Å²) in [5, 5.41) is 7.17. The molecule has 0 saturated carbocycles. The summed E-state index contributed by atoms with van der Waals surface area (Å²) in [5.74, 6) is 1.27. The summed E-state index contributed by atoms with van der Waals surface area (Å²) in [6.45, 7) is 0.590. The molecule has 0 aliphatic rings. The van der Waals surface area contributed by atoms with Crippen LogP contribution in [0.4, 0.5) is 6.01 Å². The number of ether oxygens (including phenoxy) is 1. The maximum absolute atomic E-state index is 5.29. The Morgan fingerprint density at radius 1 is 0.963 bits per heavy atom. The number of aromatic nitrogens is 3. The summed E-state index contributed by atoms with van der Waals surface area (Å²) in [6.07, 6.45) is 3.62. The highest BCUT2D eigenvalue weighted by Gasteiger charge is 2.09. The van der Waals surface area contributed by atoms with Gasteiger partial charge in [-0.2, -0.15) is 4.98 Å². The van der Waals surface area contributed by atoms with Crippen molar-refractivity contribution in [1.82, 2.24) is 15.1 Å². The van der Waals surface area contributed by atoms with Crippen molar-refractivity contribution in [3.05, 3.63) is 78.6 Å². The fourth-order valence-corrected chi connectivity index (χ4v) is 2.70. The molecule has 0 amide bonds. The number of pyridine rings is 1. The lowest BCUT2D eigenvalue weighted by molar-refractivity contribution is 0.414. The van der Waals surface area contributed by atoms with Crippen LogP contribution in [0.2, 0.25) is 0 Å². The Morgan fingerprint density at radius 2 is 1.81 bits per heavy atom. The summed E-state index contributed by atoms with van der Waals surface area (Å²) in [6, 6.07) is 20.2. The molecule has 2 aromatic heterocycles. The molecule has 0 unspecified atom stereocenters. The Kier molecular flexibility index (Phi) is 4.78. The van der Waals surface area contributed by atoms with E-state index in [-0.39, 0.29) is 0 Å². The highest BCUT2D eigenvalue weighted by Crippen LogP contribution is 2.23. The van der Waals surface area contributed by atoms with E-state index in [4.69, 9.17) is 9.26 Å². The van der Waals surface area contributed by atoms with Gasteiger partial charge in [0.05, 0.1) is 7.11 Å². The number of benzene rings is 2. The number of hydrogen-bond acceptors (Lipinski definition) is 6. The van der Waals surface area contributed by atoms with Crippen LogP contribution < -0.4 is 10.1 Å². The molecule has 134 valence electrons.